The Morgan fingerprint density at radius 2 is 2.25 bits per heavy atom. The molecule has 16 heavy (non-hydrogen) atoms. The molecule has 7 heteroatoms. The van der Waals surface area contributed by atoms with Gasteiger partial charge in [-0.25, -0.2) is 9.78 Å². The van der Waals surface area contributed by atoms with Crippen molar-refractivity contribution in [1.82, 2.24) is 15.3 Å². The Balaban J connectivity index is 2.23. The van der Waals surface area contributed by atoms with Gasteiger partial charge in [-0.2, -0.15) is 0 Å². The van der Waals surface area contributed by atoms with Crippen molar-refractivity contribution in [3.05, 3.63) is 18.1 Å². The number of carbonyl (C=O) groups excluding carboxylic acids is 2. The minimum atomic E-state index is -0.513. The van der Waals surface area contributed by atoms with E-state index < -0.39 is 6.03 Å². The first-order valence-corrected chi connectivity index (χ1v) is 4.74. The standard InChI is InChI=1S/C9H10N4O3/c14-5-6-3-10-4-7(11-6)13-2-1-8(15)12-9(13)16/h3-4,14H,1-2,5H2,(H,12,15,16). The quantitative estimate of drug-likeness (QED) is 0.697. The summed E-state index contributed by atoms with van der Waals surface area (Å²) in [6, 6.07) is -0.513. The predicted octanol–water partition coefficient (Wildman–Crippen LogP) is -0.585. The van der Waals surface area contributed by atoms with Crippen LogP contribution in [0.2, 0.25) is 0 Å². The zero-order valence-electron chi connectivity index (χ0n) is 8.38. The second-order valence-electron chi connectivity index (χ2n) is 3.28. The van der Waals surface area contributed by atoms with E-state index in [0.29, 0.717) is 11.5 Å². The van der Waals surface area contributed by atoms with Crippen LogP contribution in [-0.4, -0.2) is 33.6 Å². The number of aromatic nitrogens is 2. The number of aliphatic hydroxyl groups is 1. The monoisotopic (exact) mass is 222 g/mol. The molecule has 0 unspecified atom stereocenters. The molecule has 1 fully saturated rings. The third-order valence-electron chi connectivity index (χ3n) is 2.16. The van der Waals surface area contributed by atoms with Crippen LogP contribution in [0.4, 0.5) is 10.6 Å². The molecule has 1 aromatic rings. The molecule has 3 amide bonds. The molecule has 1 aliphatic rings. The molecule has 7 nitrogen and oxygen atoms in total. The number of carbonyl (C=O) groups is 2. The van der Waals surface area contributed by atoms with Crippen molar-refractivity contribution in [2.45, 2.75) is 13.0 Å². The van der Waals surface area contributed by atoms with Gasteiger partial charge in [-0.3, -0.25) is 20.0 Å². The van der Waals surface area contributed by atoms with Crippen molar-refractivity contribution >= 4 is 17.8 Å². The lowest BCUT2D eigenvalue weighted by molar-refractivity contribution is -0.120. The predicted molar refractivity (Wildman–Crippen MR) is 53.5 cm³/mol. The third-order valence-corrected chi connectivity index (χ3v) is 2.16. The molecule has 2 heterocycles. The van der Waals surface area contributed by atoms with E-state index in [-0.39, 0.29) is 25.5 Å². The van der Waals surface area contributed by atoms with Crippen molar-refractivity contribution in [1.29, 1.82) is 0 Å². The molecule has 0 aliphatic carbocycles. The Labute approximate surface area is 91.1 Å². The van der Waals surface area contributed by atoms with Gasteiger partial charge < -0.3 is 5.11 Å². The van der Waals surface area contributed by atoms with Gasteiger partial charge >= 0.3 is 6.03 Å². The van der Waals surface area contributed by atoms with Crippen LogP contribution in [0, 0.1) is 0 Å². The lowest BCUT2D eigenvalue weighted by atomic mass is 10.3. The Morgan fingerprint density at radius 3 is 2.94 bits per heavy atom. The lowest BCUT2D eigenvalue weighted by Gasteiger charge is -2.25. The SMILES string of the molecule is O=C1CCN(c2cncc(CO)n2)C(=O)N1. The van der Waals surface area contributed by atoms with Crippen molar-refractivity contribution in [2.75, 3.05) is 11.4 Å². The van der Waals surface area contributed by atoms with Crippen molar-refractivity contribution in [2.24, 2.45) is 0 Å². The van der Waals surface area contributed by atoms with Crippen LogP contribution in [0.15, 0.2) is 12.4 Å². The van der Waals surface area contributed by atoms with Crippen LogP contribution in [0.3, 0.4) is 0 Å². The highest BCUT2D eigenvalue weighted by Crippen LogP contribution is 2.13. The molecule has 2 N–H and O–H groups in total. The average molecular weight is 222 g/mol. The van der Waals surface area contributed by atoms with E-state index in [1.165, 1.54) is 17.3 Å². The minimum absolute atomic E-state index is 0.233. The maximum absolute atomic E-state index is 11.5. The molecular formula is C9H10N4O3. The summed E-state index contributed by atoms with van der Waals surface area (Å²) in [5.74, 6) is 0.0315. The number of hydrogen-bond acceptors (Lipinski definition) is 5. The minimum Gasteiger partial charge on any atom is -0.390 e. The summed E-state index contributed by atoms with van der Waals surface area (Å²) >= 11 is 0. The van der Waals surface area contributed by atoms with E-state index >= 15 is 0 Å². The van der Waals surface area contributed by atoms with Gasteiger partial charge in [-0.05, 0) is 0 Å². The Bertz CT molecular complexity index is 435. The third kappa shape index (κ3) is 1.98. The smallest absolute Gasteiger partial charge is 0.329 e. The molecule has 1 aromatic heterocycles. The van der Waals surface area contributed by atoms with Crippen LogP contribution < -0.4 is 10.2 Å². The molecule has 1 aliphatic heterocycles. The first-order chi connectivity index (χ1) is 7.70. The van der Waals surface area contributed by atoms with E-state index in [1.54, 1.807) is 0 Å². The van der Waals surface area contributed by atoms with E-state index in [1.807, 2.05) is 0 Å². The van der Waals surface area contributed by atoms with E-state index in [0.717, 1.165) is 0 Å². The largest absolute Gasteiger partial charge is 0.390 e. The molecule has 2 rings (SSSR count). The van der Waals surface area contributed by atoms with Crippen molar-refractivity contribution in [3.63, 3.8) is 0 Å². The second kappa shape index (κ2) is 4.23. The number of hydrogen-bond donors (Lipinski definition) is 2. The highest BCUT2D eigenvalue weighted by molar-refractivity contribution is 6.05. The van der Waals surface area contributed by atoms with Gasteiger partial charge in [-0.1, -0.05) is 0 Å². The maximum atomic E-state index is 11.5. The number of urea groups is 1. The van der Waals surface area contributed by atoms with Crippen LogP contribution in [0.1, 0.15) is 12.1 Å². The topological polar surface area (TPSA) is 95.4 Å². The molecule has 0 saturated carbocycles. The molecule has 0 atom stereocenters. The number of nitrogens with one attached hydrogen (secondary N) is 1. The highest BCUT2D eigenvalue weighted by atomic mass is 16.3. The molecule has 0 radical (unpaired) electrons. The summed E-state index contributed by atoms with van der Waals surface area (Å²) in [6.07, 6.45) is 3.06. The Kier molecular flexibility index (Phi) is 2.78. The lowest BCUT2D eigenvalue weighted by Crippen LogP contribution is -2.50. The average Bonchev–Trinajstić information content (AvgIpc) is 2.29. The van der Waals surface area contributed by atoms with E-state index in [4.69, 9.17) is 5.11 Å². The normalized spacial score (nSPS) is 16.2. The summed E-state index contributed by atoms with van der Waals surface area (Å²) in [5.41, 5.74) is 0.377. The van der Waals surface area contributed by atoms with Gasteiger partial charge in [0, 0.05) is 13.0 Å². The number of anilines is 1. The summed E-state index contributed by atoms with van der Waals surface area (Å²) in [7, 11) is 0. The van der Waals surface area contributed by atoms with Crippen LogP contribution >= 0.6 is 0 Å². The molecule has 0 aromatic carbocycles. The van der Waals surface area contributed by atoms with Crippen LogP contribution in [-0.2, 0) is 11.4 Å². The molecule has 0 spiro atoms. The second-order valence-corrected chi connectivity index (χ2v) is 3.28. The van der Waals surface area contributed by atoms with Gasteiger partial charge in [0.15, 0.2) is 5.82 Å². The summed E-state index contributed by atoms with van der Waals surface area (Å²) in [4.78, 5) is 31.6. The van der Waals surface area contributed by atoms with Gasteiger partial charge in [-0.15, -0.1) is 0 Å². The molecular weight excluding hydrogens is 212 g/mol. The van der Waals surface area contributed by atoms with Gasteiger partial charge in [0.25, 0.3) is 0 Å². The number of amides is 3. The van der Waals surface area contributed by atoms with E-state index in [9.17, 15) is 9.59 Å². The first kappa shape index (κ1) is 10.5. The number of aliphatic hydroxyl groups excluding tert-OH is 1. The fourth-order valence-corrected chi connectivity index (χ4v) is 1.38. The molecule has 1 saturated heterocycles. The highest BCUT2D eigenvalue weighted by Gasteiger charge is 2.25. The number of imide groups is 1. The fraction of sp³-hybridized carbons (Fsp3) is 0.333. The van der Waals surface area contributed by atoms with Crippen molar-refractivity contribution < 1.29 is 14.7 Å². The fourth-order valence-electron chi connectivity index (χ4n) is 1.38. The van der Waals surface area contributed by atoms with E-state index in [2.05, 4.69) is 15.3 Å². The van der Waals surface area contributed by atoms with Crippen molar-refractivity contribution in [3.8, 4) is 0 Å². The summed E-state index contributed by atoms with van der Waals surface area (Å²) in [6.45, 7) is 0.0312. The zero-order valence-corrected chi connectivity index (χ0v) is 8.38. The Hall–Kier alpha value is -2.02. The number of nitrogens with zero attached hydrogens (tertiary/aromatic N) is 3. The maximum Gasteiger partial charge on any atom is 0.329 e. The summed E-state index contributed by atoms with van der Waals surface area (Å²) < 4.78 is 0. The van der Waals surface area contributed by atoms with Gasteiger partial charge in [0.2, 0.25) is 5.91 Å². The molecule has 84 valence electrons. The van der Waals surface area contributed by atoms with Gasteiger partial charge in [0.05, 0.1) is 24.7 Å². The Morgan fingerprint density at radius 1 is 1.44 bits per heavy atom. The zero-order chi connectivity index (χ0) is 11.5. The van der Waals surface area contributed by atoms with Crippen LogP contribution in [0.5, 0.6) is 0 Å². The van der Waals surface area contributed by atoms with Gasteiger partial charge in [0.1, 0.15) is 0 Å². The number of rotatable bonds is 2. The summed E-state index contributed by atoms with van der Waals surface area (Å²) in [5, 5.41) is 11.1. The van der Waals surface area contributed by atoms with Crippen LogP contribution in [0.25, 0.3) is 0 Å². The molecule has 0 bridgehead atoms. The first-order valence-electron chi connectivity index (χ1n) is 4.74.